The molecule has 7 heteroatoms. The van der Waals surface area contributed by atoms with E-state index in [1.807, 2.05) is 0 Å². The lowest BCUT2D eigenvalue weighted by Gasteiger charge is -2.21. The highest BCUT2D eigenvalue weighted by Gasteiger charge is 2.41. The summed E-state index contributed by atoms with van der Waals surface area (Å²) in [5.41, 5.74) is 2.54. The molecular formula is C20H23ClO5S. The van der Waals surface area contributed by atoms with Gasteiger partial charge in [-0.05, 0) is 51.0 Å². The predicted octanol–water partition coefficient (Wildman–Crippen LogP) is 0.0954. The first-order chi connectivity index (χ1) is 12.6. The molecule has 0 N–H and O–H groups in total. The van der Waals surface area contributed by atoms with E-state index in [0.29, 0.717) is 5.78 Å². The van der Waals surface area contributed by atoms with Gasteiger partial charge in [-0.25, -0.2) is 18.6 Å². The van der Waals surface area contributed by atoms with Gasteiger partial charge < -0.3 is 0 Å². The molecule has 27 heavy (non-hydrogen) atoms. The molecule has 5 nitrogen and oxygen atoms in total. The molecule has 0 bridgehead atoms. The Morgan fingerprint density at radius 2 is 1.22 bits per heavy atom. The van der Waals surface area contributed by atoms with Gasteiger partial charge in [0.25, 0.3) is 0 Å². The maximum Gasteiger partial charge on any atom is 0.186 e. The number of hydrogen-bond acceptors (Lipinski definition) is 5. The molecule has 146 valence electrons. The van der Waals surface area contributed by atoms with Crippen LogP contribution in [0.15, 0.2) is 58.3 Å². The molecule has 1 aliphatic carbocycles. The third-order valence-electron chi connectivity index (χ3n) is 4.33. The van der Waals surface area contributed by atoms with Crippen molar-refractivity contribution < 1.29 is 33.7 Å². The van der Waals surface area contributed by atoms with Crippen molar-refractivity contribution in [3.63, 3.8) is 0 Å². The van der Waals surface area contributed by atoms with Crippen LogP contribution in [0.3, 0.4) is 0 Å². The van der Waals surface area contributed by atoms with Crippen LogP contribution in [-0.4, -0.2) is 11.0 Å². The first kappa shape index (κ1) is 21.9. The van der Waals surface area contributed by atoms with Crippen LogP contribution < -0.4 is 18.6 Å². The van der Waals surface area contributed by atoms with E-state index in [4.69, 9.17) is 18.6 Å². The smallest absolute Gasteiger partial charge is 0.186 e. The molecule has 3 rings (SSSR count). The Bertz CT molecular complexity index is 689. The van der Waals surface area contributed by atoms with Crippen LogP contribution in [0.2, 0.25) is 0 Å². The summed E-state index contributed by atoms with van der Waals surface area (Å²) < 4.78 is 34.0. The van der Waals surface area contributed by atoms with Gasteiger partial charge in [-0.15, -0.1) is 10.2 Å². The van der Waals surface area contributed by atoms with Crippen molar-refractivity contribution in [3.8, 4) is 0 Å². The third-order valence-corrected chi connectivity index (χ3v) is 6.96. The van der Waals surface area contributed by atoms with Gasteiger partial charge in [-0.3, -0.25) is 4.79 Å². The molecule has 2 aromatic carbocycles. The summed E-state index contributed by atoms with van der Waals surface area (Å²) in [7, 11) is -5.08. The largest absolute Gasteiger partial charge is 0.294 e. The number of carbonyl (C=O) groups is 1. The second kappa shape index (κ2) is 9.68. The number of carbonyl (C=O) groups excluding carboxylic acids is 1. The molecule has 1 unspecified atom stereocenters. The summed E-state index contributed by atoms with van der Waals surface area (Å²) in [5, 5.41) is 0.166. The molecule has 0 radical (unpaired) electrons. The fourth-order valence-electron chi connectivity index (χ4n) is 3.03. The lowest BCUT2D eigenvalue weighted by atomic mass is 9.99. The second-order valence-corrected chi connectivity index (χ2v) is 9.49. The Labute approximate surface area is 164 Å². The standard InChI is InChI=1S/C20H23OS.ClHO4/c1-15-7-11-17(12-8-15)22(18-13-9-16(2)10-14-18)20-6-4-3-5-19(20)21;2-1(3,4)5/h7-14,20H,3-6H2,1-2H3;(H,2,3,4,5)/q+1;/p-1. The number of rotatable bonds is 3. The average molecular weight is 411 g/mol. The predicted molar refractivity (Wildman–Crippen MR) is 93.5 cm³/mol. The van der Waals surface area contributed by atoms with Crippen LogP contribution in [0.25, 0.3) is 0 Å². The van der Waals surface area contributed by atoms with Gasteiger partial charge in [-0.1, -0.05) is 35.4 Å². The highest BCUT2D eigenvalue weighted by Crippen LogP contribution is 2.34. The SMILES string of the molecule is Cc1ccc([S+](c2ccc(C)cc2)C2CCCCC2=O)cc1.[O-][Cl+3]([O-])([O-])[O-]. The Morgan fingerprint density at radius 1 is 0.815 bits per heavy atom. The topological polar surface area (TPSA) is 109 Å². The van der Waals surface area contributed by atoms with Crippen LogP contribution in [0.1, 0.15) is 36.8 Å². The molecule has 1 atom stereocenters. The average Bonchev–Trinajstić information content (AvgIpc) is 2.58. The van der Waals surface area contributed by atoms with Gasteiger partial charge in [0.1, 0.15) is 0 Å². The number of ketones is 1. The Hall–Kier alpha value is -1.41. The van der Waals surface area contributed by atoms with E-state index in [2.05, 4.69) is 62.4 Å². The van der Waals surface area contributed by atoms with Crippen molar-refractivity contribution >= 4 is 16.7 Å². The number of benzene rings is 2. The van der Waals surface area contributed by atoms with Gasteiger partial charge in [0.15, 0.2) is 20.8 Å². The van der Waals surface area contributed by atoms with Crippen LogP contribution in [0, 0.1) is 24.1 Å². The summed E-state index contributed by atoms with van der Waals surface area (Å²) >= 11 is 0. The number of Topliss-reactive ketones (excluding diaryl/α,β-unsaturated/α-hetero) is 1. The van der Waals surface area contributed by atoms with E-state index in [9.17, 15) is 4.79 Å². The van der Waals surface area contributed by atoms with Gasteiger partial charge in [0.2, 0.25) is 0 Å². The first-order valence-electron chi connectivity index (χ1n) is 8.66. The van der Waals surface area contributed by atoms with Crippen LogP contribution in [0.5, 0.6) is 0 Å². The molecule has 0 saturated heterocycles. The molecule has 1 aliphatic rings. The summed E-state index contributed by atoms with van der Waals surface area (Å²) in [6.45, 7) is 4.22. The molecule has 0 aromatic heterocycles. The number of hydrogen-bond donors (Lipinski definition) is 0. The van der Waals surface area contributed by atoms with Crippen molar-refractivity contribution in [2.24, 2.45) is 0 Å². The van der Waals surface area contributed by atoms with Crippen molar-refractivity contribution in [2.45, 2.75) is 54.6 Å². The van der Waals surface area contributed by atoms with Gasteiger partial charge in [0.05, 0.1) is 10.9 Å². The normalized spacial score (nSPS) is 17.4. The molecule has 0 heterocycles. The fourth-order valence-corrected chi connectivity index (χ4v) is 5.61. The van der Waals surface area contributed by atoms with Crippen molar-refractivity contribution in [2.75, 3.05) is 0 Å². The molecular weight excluding hydrogens is 388 g/mol. The van der Waals surface area contributed by atoms with Gasteiger partial charge >= 0.3 is 0 Å². The maximum absolute atomic E-state index is 12.5. The van der Waals surface area contributed by atoms with Crippen molar-refractivity contribution in [3.05, 3.63) is 59.7 Å². The molecule has 2 aromatic rings. The monoisotopic (exact) mass is 410 g/mol. The van der Waals surface area contributed by atoms with E-state index in [0.717, 1.165) is 19.3 Å². The van der Waals surface area contributed by atoms with Gasteiger partial charge in [-0.2, -0.15) is 0 Å². The third kappa shape index (κ3) is 7.25. The summed E-state index contributed by atoms with van der Waals surface area (Å²) in [4.78, 5) is 15.1. The minimum Gasteiger partial charge on any atom is -0.294 e. The zero-order valence-corrected chi connectivity index (χ0v) is 16.9. The van der Waals surface area contributed by atoms with Crippen molar-refractivity contribution in [1.29, 1.82) is 0 Å². The minimum absolute atomic E-state index is 0.134. The fraction of sp³-hybridized carbons (Fsp3) is 0.350. The highest BCUT2D eigenvalue weighted by molar-refractivity contribution is 7.98. The second-order valence-electron chi connectivity index (χ2n) is 6.54. The van der Waals surface area contributed by atoms with Crippen molar-refractivity contribution in [1.82, 2.24) is 0 Å². The molecule has 1 saturated carbocycles. The van der Waals surface area contributed by atoms with E-state index in [1.54, 1.807) is 0 Å². The maximum atomic E-state index is 12.5. The van der Waals surface area contributed by atoms with E-state index in [-0.39, 0.29) is 16.1 Å². The molecule has 1 fully saturated rings. The Morgan fingerprint density at radius 3 is 1.59 bits per heavy atom. The molecule has 0 aliphatic heterocycles. The molecule has 0 spiro atoms. The summed E-state index contributed by atoms with van der Waals surface area (Å²) in [6, 6.07) is 17.5. The Kier molecular flexibility index (Phi) is 7.85. The zero-order chi connectivity index (χ0) is 20.0. The highest BCUT2D eigenvalue weighted by atomic mass is 35.7. The van der Waals surface area contributed by atoms with E-state index < -0.39 is 10.2 Å². The lowest BCUT2D eigenvalue weighted by molar-refractivity contribution is -2.00. The molecule has 0 amide bonds. The summed E-state index contributed by atoms with van der Waals surface area (Å²) in [5.74, 6) is 0.454. The van der Waals surface area contributed by atoms with Crippen LogP contribution >= 0.6 is 0 Å². The number of halogens is 1. The van der Waals surface area contributed by atoms with E-state index >= 15 is 0 Å². The lowest BCUT2D eigenvalue weighted by Crippen LogP contribution is -2.68. The van der Waals surface area contributed by atoms with Crippen LogP contribution in [-0.2, 0) is 15.7 Å². The quantitative estimate of drug-likeness (QED) is 0.666. The zero-order valence-electron chi connectivity index (χ0n) is 15.4. The summed E-state index contributed by atoms with van der Waals surface area (Å²) in [6.07, 6.45) is 4.03. The van der Waals surface area contributed by atoms with Gasteiger partial charge in [0, 0.05) is 12.8 Å². The minimum atomic E-state index is -4.94. The van der Waals surface area contributed by atoms with E-state index in [1.165, 1.54) is 27.3 Å². The van der Waals surface area contributed by atoms with Crippen LogP contribution in [0.4, 0.5) is 0 Å². The first-order valence-corrected chi connectivity index (χ1v) is 11.2. The Balaban J connectivity index is 0.000000465. The number of aryl methyl sites for hydroxylation is 2.